The maximum atomic E-state index is 11.2. The number of amides is 1. The number of nitrogens with zero attached hydrogens (tertiary/aromatic N) is 2. The van der Waals surface area contributed by atoms with Gasteiger partial charge < -0.3 is 10.6 Å². The maximum Gasteiger partial charge on any atom is 0.221 e. The van der Waals surface area contributed by atoms with Crippen molar-refractivity contribution in [2.45, 2.75) is 25.8 Å². The number of nitrogens with one attached hydrogen (secondary N) is 2. The lowest BCUT2D eigenvalue weighted by Crippen LogP contribution is -2.20. The summed E-state index contributed by atoms with van der Waals surface area (Å²) in [5.74, 6) is 0.829. The maximum absolute atomic E-state index is 11.2. The fourth-order valence-electron chi connectivity index (χ4n) is 3.31. The van der Waals surface area contributed by atoms with Gasteiger partial charge in [-0.15, -0.1) is 0 Å². The van der Waals surface area contributed by atoms with Gasteiger partial charge in [0.25, 0.3) is 0 Å². The molecule has 1 amide bonds. The topological polar surface area (TPSA) is 66.9 Å². The van der Waals surface area contributed by atoms with Crippen molar-refractivity contribution in [2.24, 2.45) is 0 Å². The smallest absolute Gasteiger partial charge is 0.221 e. The fraction of sp³-hybridized carbons (Fsp3) is 0.211. The van der Waals surface area contributed by atoms with Crippen LogP contribution >= 0.6 is 0 Å². The Morgan fingerprint density at radius 2 is 1.92 bits per heavy atom. The van der Waals surface area contributed by atoms with Gasteiger partial charge in [0, 0.05) is 24.0 Å². The van der Waals surface area contributed by atoms with E-state index in [1.165, 1.54) is 18.1 Å². The van der Waals surface area contributed by atoms with Crippen molar-refractivity contribution in [3.05, 3.63) is 59.9 Å². The van der Waals surface area contributed by atoms with Gasteiger partial charge in [-0.25, -0.2) is 9.97 Å². The summed E-state index contributed by atoms with van der Waals surface area (Å²) in [4.78, 5) is 19.9. The quantitative estimate of drug-likeness (QED) is 0.778. The average molecular weight is 318 g/mol. The molecule has 1 heterocycles. The monoisotopic (exact) mass is 318 g/mol. The number of rotatable bonds is 3. The molecule has 0 aliphatic heterocycles. The molecule has 5 heteroatoms. The highest BCUT2D eigenvalue weighted by atomic mass is 16.1. The Bertz CT molecular complexity index is 917. The van der Waals surface area contributed by atoms with E-state index >= 15 is 0 Å². The minimum atomic E-state index is -0.0462. The number of carbonyl (C=O) groups excluding carboxylic acids is 1. The van der Waals surface area contributed by atoms with Crippen LogP contribution in [0.25, 0.3) is 10.9 Å². The summed E-state index contributed by atoms with van der Waals surface area (Å²) in [6.07, 6.45) is 3.47. The van der Waals surface area contributed by atoms with Crippen molar-refractivity contribution in [1.82, 2.24) is 9.97 Å². The van der Waals surface area contributed by atoms with Crippen LogP contribution in [0.2, 0.25) is 0 Å². The number of benzene rings is 2. The Labute approximate surface area is 140 Å². The number of hydrogen-bond acceptors (Lipinski definition) is 4. The van der Waals surface area contributed by atoms with Gasteiger partial charge >= 0.3 is 0 Å². The lowest BCUT2D eigenvalue weighted by atomic mass is 10.1. The Hall–Kier alpha value is -2.95. The largest absolute Gasteiger partial charge is 0.366 e. The minimum Gasteiger partial charge on any atom is -0.366 e. The second-order valence-electron chi connectivity index (χ2n) is 6.15. The summed E-state index contributed by atoms with van der Waals surface area (Å²) >= 11 is 0. The van der Waals surface area contributed by atoms with Gasteiger partial charge in [0.2, 0.25) is 5.91 Å². The summed E-state index contributed by atoms with van der Waals surface area (Å²) in [6, 6.07) is 14.4. The first kappa shape index (κ1) is 14.6. The molecule has 5 nitrogen and oxygen atoms in total. The van der Waals surface area contributed by atoms with Crippen molar-refractivity contribution < 1.29 is 4.79 Å². The van der Waals surface area contributed by atoms with Crippen molar-refractivity contribution in [3.8, 4) is 0 Å². The molecule has 1 atom stereocenters. The summed E-state index contributed by atoms with van der Waals surface area (Å²) in [5.41, 5.74) is 4.39. The van der Waals surface area contributed by atoms with E-state index in [9.17, 15) is 4.79 Å². The summed E-state index contributed by atoms with van der Waals surface area (Å²) in [6.45, 7) is 1.53. The van der Waals surface area contributed by atoms with Gasteiger partial charge in [0.05, 0.1) is 5.52 Å². The normalized spacial score (nSPS) is 16.0. The zero-order valence-corrected chi connectivity index (χ0v) is 13.4. The van der Waals surface area contributed by atoms with Gasteiger partial charge in [-0.05, 0) is 48.2 Å². The van der Waals surface area contributed by atoms with E-state index in [4.69, 9.17) is 0 Å². The Kier molecular flexibility index (Phi) is 3.61. The molecule has 1 aliphatic rings. The van der Waals surface area contributed by atoms with Crippen LogP contribution in [0.1, 0.15) is 18.1 Å². The van der Waals surface area contributed by atoms with E-state index in [2.05, 4.69) is 32.7 Å². The van der Waals surface area contributed by atoms with Crippen LogP contribution in [0, 0.1) is 0 Å². The van der Waals surface area contributed by atoms with Crippen molar-refractivity contribution in [1.29, 1.82) is 0 Å². The van der Waals surface area contributed by atoms with Crippen LogP contribution in [-0.4, -0.2) is 21.9 Å². The molecule has 4 rings (SSSR count). The molecule has 1 aromatic heterocycles. The molecule has 0 radical (unpaired) electrons. The van der Waals surface area contributed by atoms with Crippen LogP contribution in [0.3, 0.4) is 0 Å². The third-order valence-electron chi connectivity index (χ3n) is 4.34. The number of aromatic nitrogens is 2. The zero-order valence-electron chi connectivity index (χ0n) is 13.4. The van der Waals surface area contributed by atoms with Gasteiger partial charge in [-0.3, -0.25) is 4.79 Å². The lowest BCUT2D eigenvalue weighted by molar-refractivity contribution is -0.114. The van der Waals surface area contributed by atoms with Gasteiger partial charge in [0.15, 0.2) is 0 Å². The molecule has 2 aromatic carbocycles. The lowest BCUT2D eigenvalue weighted by Gasteiger charge is -2.14. The SMILES string of the molecule is CC(=O)Nc1ccc2c(c1)CC(Nc1ncnc3ccccc13)C2. The van der Waals surface area contributed by atoms with E-state index in [0.717, 1.165) is 35.2 Å². The predicted octanol–water partition coefficient (Wildman–Crippen LogP) is 3.17. The van der Waals surface area contributed by atoms with Crippen molar-refractivity contribution in [2.75, 3.05) is 10.6 Å². The van der Waals surface area contributed by atoms with Gasteiger partial charge in [0.1, 0.15) is 12.1 Å². The molecule has 1 unspecified atom stereocenters. The molecule has 0 bridgehead atoms. The Morgan fingerprint density at radius 1 is 1.08 bits per heavy atom. The number of fused-ring (bicyclic) bond motifs is 2. The molecule has 120 valence electrons. The molecule has 2 N–H and O–H groups in total. The number of anilines is 2. The van der Waals surface area contributed by atoms with E-state index in [1.54, 1.807) is 6.33 Å². The van der Waals surface area contributed by atoms with E-state index in [0.29, 0.717) is 6.04 Å². The van der Waals surface area contributed by atoms with Crippen LogP contribution in [-0.2, 0) is 17.6 Å². The predicted molar refractivity (Wildman–Crippen MR) is 95.1 cm³/mol. The number of carbonyl (C=O) groups is 1. The number of para-hydroxylation sites is 1. The third-order valence-corrected chi connectivity index (χ3v) is 4.34. The van der Waals surface area contributed by atoms with Crippen molar-refractivity contribution in [3.63, 3.8) is 0 Å². The van der Waals surface area contributed by atoms with Crippen molar-refractivity contribution >= 4 is 28.3 Å². The van der Waals surface area contributed by atoms with Crippen LogP contribution < -0.4 is 10.6 Å². The van der Waals surface area contributed by atoms with Gasteiger partial charge in [-0.1, -0.05) is 18.2 Å². The standard InChI is InChI=1S/C19H18N4O/c1-12(24)22-15-7-6-13-8-16(10-14(13)9-15)23-19-17-4-2-3-5-18(17)20-11-21-19/h2-7,9,11,16H,8,10H2,1H3,(H,22,24)(H,20,21,23). The molecular formula is C19H18N4O. The third kappa shape index (κ3) is 2.80. The first-order chi connectivity index (χ1) is 11.7. The zero-order chi connectivity index (χ0) is 16.5. The van der Waals surface area contributed by atoms with E-state index in [1.807, 2.05) is 30.3 Å². The minimum absolute atomic E-state index is 0.0462. The summed E-state index contributed by atoms with van der Waals surface area (Å²) in [5, 5.41) is 7.43. The second-order valence-corrected chi connectivity index (χ2v) is 6.15. The highest BCUT2D eigenvalue weighted by Crippen LogP contribution is 2.28. The van der Waals surface area contributed by atoms with E-state index < -0.39 is 0 Å². The Morgan fingerprint density at radius 3 is 2.79 bits per heavy atom. The molecule has 0 saturated heterocycles. The first-order valence-corrected chi connectivity index (χ1v) is 8.05. The molecule has 3 aromatic rings. The van der Waals surface area contributed by atoms with Crippen LogP contribution in [0.4, 0.5) is 11.5 Å². The highest BCUT2D eigenvalue weighted by Gasteiger charge is 2.22. The van der Waals surface area contributed by atoms with E-state index in [-0.39, 0.29) is 5.91 Å². The van der Waals surface area contributed by atoms with Crippen LogP contribution in [0.15, 0.2) is 48.8 Å². The summed E-state index contributed by atoms with van der Waals surface area (Å²) < 4.78 is 0. The highest BCUT2D eigenvalue weighted by molar-refractivity contribution is 5.89. The molecule has 0 saturated carbocycles. The van der Waals surface area contributed by atoms with Crippen LogP contribution in [0.5, 0.6) is 0 Å². The first-order valence-electron chi connectivity index (χ1n) is 8.05. The second kappa shape index (κ2) is 5.92. The average Bonchev–Trinajstić information content (AvgIpc) is 2.96. The molecule has 24 heavy (non-hydrogen) atoms. The molecule has 0 fully saturated rings. The Balaban J connectivity index is 1.55. The fourth-order valence-corrected chi connectivity index (χ4v) is 3.31. The molecule has 1 aliphatic carbocycles. The molecular weight excluding hydrogens is 300 g/mol. The summed E-state index contributed by atoms with van der Waals surface area (Å²) in [7, 11) is 0. The molecule has 0 spiro atoms. The van der Waals surface area contributed by atoms with Gasteiger partial charge in [-0.2, -0.15) is 0 Å². The number of hydrogen-bond donors (Lipinski definition) is 2.